The summed E-state index contributed by atoms with van der Waals surface area (Å²) in [6, 6.07) is 0. The average molecular weight is 274 g/mol. The Morgan fingerprint density at radius 3 is 2.24 bits per heavy atom. The van der Waals surface area contributed by atoms with Crippen LogP contribution in [0, 0.1) is 0 Å². The normalized spacial score (nSPS) is 13.8. The van der Waals surface area contributed by atoms with Gasteiger partial charge in [0.15, 0.2) is 0 Å². The summed E-state index contributed by atoms with van der Waals surface area (Å²) in [4.78, 5) is 0. The Hall–Kier alpha value is -0.720. The molecule has 0 fully saturated rings. The van der Waals surface area contributed by atoms with Gasteiger partial charge in [-0.15, -0.1) is 0 Å². The van der Waals surface area contributed by atoms with E-state index in [1.807, 2.05) is 13.8 Å². The van der Waals surface area contributed by atoms with Crippen LogP contribution in [0.5, 0.6) is 0 Å². The highest BCUT2D eigenvalue weighted by Crippen LogP contribution is 2.28. The quantitative estimate of drug-likeness (QED) is 0.403. The van der Waals surface area contributed by atoms with Crippen LogP contribution >= 0.6 is 0 Å². The zero-order chi connectivity index (χ0) is 13.5. The highest BCUT2D eigenvalue weighted by molar-refractivity contribution is 7.87. The zero-order valence-electron chi connectivity index (χ0n) is 9.88. The second-order valence-corrected chi connectivity index (χ2v) is 5.08. The van der Waals surface area contributed by atoms with Crippen LogP contribution in [0.2, 0.25) is 0 Å². The molecule has 0 aliphatic rings. The van der Waals surface area contributed by atoms with Crippen molar-refractivity contribution < 1.29 is 25.8 Å². The summed E-state index contributed by atoms with van der Waals surface area (Å²) in [5.41, 5.74) is -5.37. The van der Waals surface area contributed by atoms with Gasteiger partial charge in [0.2, 0.25) is 0 Å². The molecule has 0 aliphatic heterocycles. The molecule has 3 nitrogen and oxygen atoms in total. The average Bonchev–Trinajstić information content (AvgIpc) is 2.20. The van der Waals surface area contributed by atoms with E-state index in [1.165, 1.54) is 6.08 Å². The molecule has 0 aromatic heterocycles. The first kappa shape index (κ1) is 16.3. The van der Waals surface area contributed by atoms with E-state index in [2.05, 4.69) is 4.18 Å². The van der Waals surface area contributed by atoms with Gasteiger partial charge in [0.25, 0.3) is 0 Å². The number of alkyl halides is 3. The highest BCUT2D eigenvalue weighted by atomic mass is 32.2. The van der Waals surface area contributed by atoms with Crippen LogP contribution < -0.4 is 0 Å². The molecule has 0 aliphatic carbocycles. The third-order valence-electron chi connectivity index (χ3n) is 1.94. The molecule has 102 valence electrons. The van der Waals surface area contributed by atoms with Crippen molar-refractivity contribution >= 4 is 10.1 Å². The van der Waals surface area contributed by atoms with Crippen molar-refractivity contribution in [1.29, 1.82) is 0 Å². The first-order valence-electron chi connectivity index (χ1n) is 5.44. The second kappa shape index (κ2) is 6.88. The first-order chi connectivity index (χ1) is 7.74. The Balaban J connectivity index is 4.75. The van der Waals surface area contributed by atoms with Gasteiger partial charge >= 0.3 is 15.6 Å². The number of unbranched alkanes of at least 4 members (excludes halogenated alkanes) is 2. The monoisotopic (exact) mass is 274 g/mol. The maximum atomic E-state index is 12.1. The van der Waals surface area contributed by atoms with Crippen molar-refractivity contribution in [1.82, 2.24) is 0 Å². The maximum absolute atomic E-state index is 12.1. The van der Waals surface area contributed by atoms with Crippen LogP contribution in [-0.2, 0) is 14.3 Å². The van der Waals surface area contributed by atoms with Crippen LogP contribution in [-0.4, -0.2) is 13.9 Å². The largest absolute Gasteiger partial charge is 0.534 e. The van der Waals surface area contributed by atoms with Crippen molar-refractivity contribution in [3.05, 3.63) is 11.8 Å². The van der Waals surface area contributed by atoms with Gasteiger partial charge in [-0.25, -0.2) is 0 Å². The summed E-state index contributed by atoms with van der Waals surface area (Å²) >= 11 is 0. The molecule has 0 aromatic rings. The lowest BCUT2D eigenvalue weighted by molar-refractivity contribution is -0.0523. The van der Waals surface area contributed by atoms with Gasteiger partial charge in [-0.3, -0.25) is 0 Å². The predicted octanol–water partition coefficient (Wildman–Crippen LogP) is 3.73. The van der Waals surface area contributed by atoms with E-state index < -0.39 is 15.6 Å². The first-order valence-corrected chi connectivity index (χ1v) is 6.85. The van der Waals surface area contributed by atoms with Gasteiger partial charge in [0, 0.05) is 6.42 Å². The van der Waals surface area contributed by atoms with E-state index in [4.69, 9.17) is 0 Å². The molecule has 0 radical (unpaired) electrons. The smallest absolute Gasteiger partial charge is 0.381 e. The van der Waals surface area contributed by atoms with Crippen molar-refractivity contribution in [3.8, 4) is 0 Å². The van der Waals surface area contributed by atoms with Gasteiger partial charge in [0.05, 0.1) is 0 Å². The molecular weight excluding hydrogens is 257 g/mol. The Labute approximate surface area is 99.8 Å². The Morgan fingerprint density at radius 2 is 1.82 bits per heavy atom. The third-order valence-corrected chi connectivity index (χ3v) is 2.94. The Morgan fingerprint density at radius 1 is 1.24 bits per heavy atom. The molecular formula is C10H17F3O3S. The van der Waals surface area contributed by atoms with Gasteiger partial charge < -0.3 is 4.18 Å². The van der Waals surface area contributed by atoms with E-state index in [-0.39, 0.29) is 12.2 Å². The maximum Gasteiger partial charge on any atom is 0.534 e. The summed E-state index contributed by atoms with van der Waals surface area (Å²) in [6.07, 6.45) is 4.14. The van der Waals surface area contributed by atoms with E-state index in [0.29, 0.717) is 19.3 Å². The van der Waals surface area contributed by atoms with Crippen molar-refractivity contribution in [2.24, 2.45) is 0 Å². The third kappa shape index (κ3) is 5.95. The molecule has 0 bridgehead atoms. The second-order valence-electron chi connectivity index (χ2n) is 3.55. The van der Waals surface area contributed by atoms with E-state index in [1.54, 1.807) is 0 Å². The fourth-order valence-electron chi connectivity index (χ4n) is 1.02. The van der Waals surface area contributed by atoms with E-state index >= 15 is 0 Å². The topological polar surface area (TPSA) is 43.4 Å². The minimum Gasteiger partial charge on any atom is -0.381 e. The molecule has 0 saturated carbocycles. The van der Waals surface area contributed by atoms with Gasteiger partial charge in [-0.2, -0.15) is 21.6 Å². The minimum atomic E-state index is -5.53. The van der Waals surface area contributed by atoms with Gasteiger partial charge in [-0.05, 0) is 18.9 Å². The summed E-state index contributed by atoms with van der Waals surface area (Å²) in [6.45, 7) is 3.70. The summed E-state index contributed by atoms with van der Waals surface area (Å²) < 4.78 is 62.0. The molecule has 0 unspecified atom stereocenters. The fourth-order valence-corrected chi connectivity index (χ4v) is 1.55. The molecule has 7 heteroatoms. The van der Waals surface area contributed by atoms with Crippen molar-refractivity contribution in [2.75, 3.05) is 0 Å². The highest BCUT2D eigenvalue weighted by Gasteiger charge is 2.48. The summed E-state index contributed by atoms with van der Waals surface area (Å²) in [5.74, 6) is -0.119. The van der Waals surface area contributed by atoms with Gasteiger partial charge in [0.1, 0.15) is 5.76 Å². The van der Waals surface area contributed by atoms with Crippen LogP contribution in [0.15, 0.2) is 11.8 Å². The zero-order valence-corrected chi connectivity index (χ0v) is 10.7. The number of hydrogen-bond donors (Lipinski definition) is 0. The Kier molecular flexibility index (Phi) is 6.59. The lowest BCUT2D eigenvalue weighted by Gasteiger charge is -2.12. The summed E-state index contributed by atoms with van der Waals surface area (Å²) in [5, 5.41) is 0. The molecule has 0 spiro atoms. The molecule has 0 aromatic carbocycles. The van der Waals surface area contributed by atoms with Gasteiger partial charge in [-0.1, -0.05) is 26.7 Å². The predicted molar refractivity (Wildman–Crippen MR) is 58.6 cm³/mol. The molecule has 0 amide bonds. The fraction of sp³-hybridized carbons (Fsp3) is 0.800. The molecule has 0 heterocycles. The SMILES string of the molecule is CCC/C=C(\CCCC)OS(=O)(=O)C(F)(F)F. The molecule has 0 atom stereocenters. The number of rotatable bonds is 7. The number of hydrogen-bond acceptors (Lipinski definition) is 3. The standard InChI is InChI=1S/C10H17F3O3S/c1-3-5-7-9(8-6-4-2)16-17(14,15)10(11,12)13/h7H,3-6,8H2,1-2H3/b9-7+. The number of allylic oxidation sites excluding steroid dienone is 2. The number of halogens is 3. The molecule has 0 saturated heterocycles. The van der Waals surface area contributed by atoms with Crippen LogP contribution in [0.4, 0.5) is 13.2 Å². The van der Waals surface area contributed by atoms with E-state index in [9.17, 15) is 21.6 Å². The van der Waals surface area contributed by atoms with Crippen molar-refractivity contribution in [3.63, 3.8) is 0 Å². The Bertz CT molecular complexity index is 344. The van der Waals surface area contributed by atoms with Crippen LogP contribution in [0.1, 0.15) is 46.0 Å². The molecule has 0 rings (SSSR count). The summed E-state index contributed by atoms with van der Waals surface area (Å²) in [7, 11) is -5.53. The molecule has 0 N–H and O–H groups in total. The van der Waals surface area contributed by atoms with Crippen molar-refractivity contribution in [2.45, 2.75) is 51.5 Å². The van der Waals surface area contributed by atoms with Crippen LogP contribution in [0.25, 0.3) is 0 Å². The molecule has 17 heavy (non-hydrogen) atoms. The van der Waals surface area contributed by atoms with Crippen LogP contribution in [0.3, 0.4) is 0 Å². The van der Waals surface area contributed by atoms with E-state index in [0.717, 1.165) is 6.42 Å². The lowest BCUT2D eigenvalue weighted by Crippen LogP contribution is -2.25. The lowest BCUT2D eigenvalue weighted by atomic mass is 10.2. The minimum absolute atomic E-state index is 0.119.